The number of nitrogens with zero attached hydrogens (tertiary/aromatic N) is 2. The summed E-state index contributed by atoms with van der Waals surface area (Å²) < 4.78 is 35.8. The average Bonchev–Trinajstić information content (AvgIpc) is 2.99. The van der Waals surface area contributed by atoms with Crippen LogP contribution in [0.4, 0.5) is 0 Å². The zero-order chi connectivity index (χ0) is 13.0. The Kier molecular flexibility index (Phi) is 3.94. The van der Waals surface area contributed by atoms with Crippen molar-refractivity contribution in [3.05, 3.63) is 24.2 Å². The molecule has 0 spiro atoms. The molecular formula is C9H11N3O4S2. The van der Waals surface area contributed by atoms with Crippen molar-refractivity contribution in [2.45, 2.75) is 10.6 Å². The molecule has 18 heavy (non-hydrogen) atoms. The number of thiazole rings is 1. The monoisotopic (exact) mass is 289 g/mol. The molecule has 0 saturated carbocycles. The molecule has 0 amide bonds. The highest BCUT2D eigenvalue weighted by atomic mass is 32.2. The molecule has 2 aromatic heterocycles. The largest absolute Gasteiger partial charge is 0.473 e. The van der Waals surface area contributed by atoms with Crippen LogP contribution in [0.5, 0.6) is 5.19 Å². The first-order valence-electron chi connectivity index (χ1n) is 4.99. The highest BCUT2D eigenvalue weighted by molar-refractivity contribution is 7.91. The molecule has 7 nitrogen and oxygen atoms in total. The van der Waals surface area contributed by atoms with Crippen LogP contribution in [0.3, 0.4) is 0 Å². The Morgan fingerprint density at radius 3 is 2.94 bits per heavy atom. The Bertz CT molecular complexity index is 591. The quantitative estimate of drug-likeness (QED) is 0.839. The Balaban J connectivity index is 1.95. The fraction of sp³-hybridized carbons (Fsp3) is 0.333. The SMILES string of the molecule is COc1ncc(S(=O)(=O)NCCc2cnoc2)s1. The first-order chi connectivity index (χ1) is 8.62. The summed E-state index contributed by atoms with van der Waals surface area (Å²) in [5.41, 5.74) is 0.833. The topological polar surface area (TPSA) is 94.3 Å². The van der Waals surface area contributed by atoms with Gasteiger partial charge in [0.2, 0.25) is 0 Å². The van der Waals surface area contributed by atoms with Crippen molar-refractivity contribution in [3.8, 4) is 5.19 Å². The minimum Gasteiger partial charge on any atom is -0.473 e. The van der Waals surface area contributed by atoms with Crippen molar-refractivity contribution in [2.75, 3.05) is 13.7 Å². The van der Waals surface area contributed by atoms with Crippen molar-refractivity contribution in [2.24, 2.45) is 0 Å². The third-order valence-electron chi connectivity index (χ3n) is 2.09. The zero-order valence-electron chi connectivity index (χ0n) is 9.49. The van der Waals surface area contributed by atoms with Crippen LogP contribution >= 0.6 is 11.3 Å². The van der Waals surface area contributed by atoms with Crippen LogP contribution in [0.1, 0.15) is 5.56 Å². The fourth-order valence-corrected chi connectivity index (χ4v) is 3.21. The van der Waals surface area contributed by atoms with Crippen molar-refractivity contribution in [3.63, 3.8) is 0 Å². The van der Waals surface area contributed by atoms with Gasteiger partial charge in [-0.05, 0) is 6.42 Å². The van der Waals surface area contributed by atoms with E-state index >= 15 is 0 Å². The normalized spacial score (nSPS) is 11.6. The summed E-state index contributed by atoms with van der Waals surface area (Å²) in [6.45, 7) is 0.268. The first-order valence-corrected chi connectivity index (χ1v) is 7.29. The van der Waals surface area contributed by atoms with Crippen LogP contribution in [-0.2, 0) is 16.4 Å². The predicted octanol–water partition coefficient (Wildman–Crippen LogP) is 0.661. The standard InChI is InChI=1S/C9H11N3O4S2/c1-15-9-10-5-8(17-9)18(13,14)12-3-2-7-4-11-16-6-7/h4-6,12H,2-3H2,1H3. The Morgan fingerprint density at radius 1 is 1.50 bits per heavy atom. The second-order valence-corrected chi connectivity index (χ2v) is 6.32. The van der Waals surface area contributed by atoms with Crippen LogP contribution in [0.2, 0.25) is 0 Å². The second kappa shape index (κ2) is 5.46. The van der Waals surface area contributed by atoms with E-state index < -0.39 is 10.0 Å². The maximum atomic E-state index is 11.9. The Hall–Kier alpha value is -1.45. The molecule has 0 fully saturated rings. The summed E-state index contributed by atoms with van der Waals surface area (Å²) in [6.07, 6.45) is 4.80. The lowest BCUT2D eigenvalue weighted by Crippen LogP contribution is -2.25. The van der Waals surface area contributed by atoms with Crippen LogP contribution < -0.4 is 9.46 Å². The summed E-state index contributed by atoms with van der Waals surface area (Å²) in [5.74, 6) is 0. The van der Waals surface area contributed by atoms with Gasteiger partial charge in [-0.25, -0.2) is 18.1 Å². The number of sulfonamides is 1. The minimum atomic E-state index is -3.53. The zero-order valence-corrected chi connectivity index (χ0v) is 11.1. The van der Waals surface area contributed by atoms with Gasteiger partial charge in [0.25, 0.3) is 15.2 Å². The molecule has 0 bridgehead atoms. The molecule has 0 aromatic carbocycles. The van der Waals surface area contributed by atoms with Gasteiger partial charge < -0.3 is 9.26 Å². The number of aromatic nitrogens is 2. The predicted molar refractivity (Wildman–Crippen MR) is 64.1 cm³/mol. The molecule has 0 aliphatic rings. The van der Waals surface area contributed by atoms with Gasteiger partial charge in [-0.15, -0.1) is 0 Å². The molecule has 0 unspecified atom stereocenters. The minimum absolute atomic E-state index is 0.129. The van der Waals surface area contributed by atoms with Gasteiger partial charge in [0.15, 0.2) is 4.21 Å². The van der Waals surface area contributed by atoms with E-state index in [0.29, 0.717) is 11.6 Å². The highest BCUT2D eigenvalue weighted by Crippen LogP contribution is 2.23. The molecule has 0 aliphatic carbocycles. The summed E-state index contributed by atoms with van der Waals surface area (Å²) >= 11 is 0.973. The lowest BCUT2D eigenvalue weighted by atomic mass is 10.3. The van der Waals surface area contributed by atoms with Crippen LogP contribution in [0.15, 0.2) is 27.4 Å². The number of rotatable bonds is 6. The van der Waals surface area contributed by atoms with Gasteiger partial charge in [-0.1, -0.05) is 16.5 Å². The van der Waals surface area contributed by atoms with Gasteiger partial charge >= 0.3 is 0 Å². The van der Waals surface area contributed by atoms with E-state index in [-0.39, 0.29) is 10.8 Å². The number of hydrogen-bond donors (Lipinski definition) is 1. The smallest absolute Gasteiger partial charge is 0.274 e. The van der Waals surface area contributed by atoms with Crippen LogP contribution in [0.25, 0.3) is 0 Å². The summed E-state index contributed by atoms with van der Waals surface area (Å²) in [7, 11) is -2.09. The number of methoxy groups -OCH3 is 1. The molecule has 1 N–H and O–H groups in total. The number of nitrogens with one attached hydrogen (secondary N) is 1. The van der Waals surface area contributed by atoms with Gasteiger partial charge in [0.05, 0.1) is 19.5 Å². The second-order valence-electron chi connectivity index (χ2n) is 3.33. The van der Waals surface area contributed by atoms with Crippen molar-refractivity contribution in [1.29, 1.82) is 0 Å². The molecule has 2 heterocycles. The Morgan fingerprint density at radius 2 is 2.33 bits per heavy atom. The number of ether oxygens (including phenoxy) is 1. The van der Waals surface area contributed by atoms with Gasteiger partial charge in [-0.3, -0.25) is 0 Å². The third-order valence-corrected chi connectivity index (χ3v) is 4.97. The molecule has 9 heteroatoms. The molecule has 0 radical (unpaired) electrons. The highest BCUT2D eigenvalue weighted by Gasteiger charge is 2.17. The fourth-order valence-electron chi connectivity index (χ4n) is 1.21. The summed E-state index contributed by atoms with van der Waals surface area (Å²) in [5, 5.41) is 3.85. The van der Waals surface area contributed by atoms with Crippen LogP contribution in [-0.4, -0.2) is 32.2 Å². The van der Waals surface area contributed by atoms with E-state index in [9.17, 15) is 8.42 Å². The molecule has 2 rings (SSSR count). The molecule has 0 aliphatic heterocycles. The van der Waals surface area contributed by atoms with Crippen molar-refractivity contribution < 1.29 is 17.7 Å². The molecule has 98 valence electrons. The lowest BCUT2D eigenvalue weighted by Gasteiger charge is -2.02. The van der Waals surface area contributed by atoms with Crippen molar-refractivity contribution in [1.82, 2.24) is 14.9 Å². The first kappa shape index (κ1) is 13.0. The van der Waals surface area contributed by atoms with E-state index in [1.807, 2.05) is 0 Å². The van der Waals surface area contributed by atoms with E-state index in [1.165, 1.54) is 19.6 Å². The molecule has 0 atom stereocenters. The van der Waals surface area contributed by atoms with E-state index in [2.05, 4.69) is 19.4 Å². The van der Waals surface area contributed by atoms with Gasteiger partial charge in [-0.2, -0.15) is 0 Å². The lowest BCUT2D eigenvalue weighted by molar-refractivity contribution is 0.412. The number of hydrogen-bond acceptors (Lipinski definition) is 7. The summed E-state index contributed by atoms with van der Waals surface area (Å²) in [4.78, 5) is 3.81. The maximum absolute atomic E-state index is 11.9. The van der Waals surface area contributed by atoms with Gasteiger partial charge in [0.1, 0.15) is 6.26 Å². The van der Waals surface area contributed by atoms with E-state index in [4.69, 9.17) is 4.74 Å². The van der Waals surface area contributed by atoms with Gasteiger partial charge in [0, 0.05) is 12.1 Å². The average molecular weight is 289 g/mol. The molecular weight excluding hydrogens is 278 g/mol. The molecule has 2 aromatic rings. The van der Waals surface area contributed by atoms with E-state index in [1.54, 1.807) is 6.20 Å². The van der Waals surface area contributed by atoms with Crippen molar-refractivity contribution >= 4 is 21.4 Å². The van der Waals surface area contributed by atoms with E-state index in [0.717, 1.165) is 16.9 Å². The maximum Gasteiger partial charge on any atom is 0.274 e. The van der Waals surface area contributed by atoms with Crippen LogP contribution in [0, 0.1) is 0 Å². The summed E-state index contributed by atoms with van der Waals surface area (Å²) in [6, 6.07) is 0. The Labute approximate surface area is 108 Å². The molecule has 0 saturated heterocycles. The third kappa shape index (κ3) is 3.06.